The predicted molar refractivity (Wildman–Crippen MR) is 145 cm³/mol. The number of rotatable bonds is 8. The number of fused-ring (bicyclic) bond motifs is 2. The molecule has 0 aliphatic carbocycles. The first-order chi connectivity index (χ1) is 18.1. The fourth-order valence-corrected chi connectivity index (χ4v) is 8.06. The Kier molecular flexibility index (Phi) is 7.34. The summed E-state index contributed by atoms with van der Waals surface area (Å²) in [6.07, 6.45) is 3.83. The zero-order valence-electron chi connectivity index (χ0n) is 21.2. The molecule has 2 saturated heterocycles. The number of hydrogen-bond donors (Lipinski definition) is 1. The van der Waals surface area contributed by atoms with Crippen molar-refractivity contribution in [2.24, 2.45) is 5.92 Å². The van der Waals surface area contributed by atoms with Crippen LogP contribution in [0, 0.1) is 5.92 Å². The number of sulfonamides is 1. The molecule has 1 N–H and O–H groups in total. The van der Waals surface area contributed by atoms with Gasteiger partial charge in [-0.1, -0.05) is 38.1 Å². The van der Waals surface area contributed by atoms with E-state index in [2.05, 4.69) is 10.3 Å². The highest BCUT2D eigenvalue weighted by Crippen LogP contribution is 2.33. The van der Waals surface area contributed by atoms with Crippen LogP contribution in [0.3, 0.4) is 0 Å². The van der Waals surface area contributed by atoms with Crippen molar-refractivity contribution in [3.05, 3.63) is 65.3 Å². The van der Waals surface area contributed by atoms with Gasteiger partial charge < -0.3 is 10.2 Å². The number of likely N-dealkylation sites (tertiary alicyclic amines) is 1. The van der Waals surface area contributed by atoms with E-state index in [-0.39, 0.29) is 42.4 Å². The molecule has 4 heterocycles. The summed E-state index contributed by atoms with van der Waals surface area (Å²) in [5, 5.41) is 3.86. The van der Waals surface area contributed by atoms with Gasteiger partial charge in [-0.15, -0.1) is 11.3 Å². The highest BCUT2D eigenvalue weighted by molar-refractivity contribution is 7.88. The molecule has 3 aromatic rings. The van der Waals surface area contributed by atoms with Crippen molar-refractivity contribution in [3.63, 3.8) is 0 Å². The topological polar surface area (TPSA) is 117 Å². The fourth-order valence-electron chi connectivity index (χ4n) is 5.38. The summed E-state index contributed by atoms with van der Waals surface area (Å²) in [6, 6.07) is 10.6. The second-order valence-corrected chi connectivity index (χ2v) is 13.3. The molecule has 9 nitrogen and oxygen atoms in total. The first-order valence-corrected chi connectivity index (χ1v) is 15.1. The fraction of sp³-hybridized carbons (Fsp3) is 0.407. The summed E-state index contributed by atoms with van der Waals surface area (Å²) in [5.41, 5.74) is 0.537. The Bertz CT molecular complexity index is 1440. The van der Waals surface area contributed by atoms with Crippen molar-refractivity contribution in [2.45, 2.75) is 50.6 Å². The summed E-state index contributed by atoms with van der Waals surface area (Å²) < 4.78 is 28.6. The predicted octanol–water partition coefficient (Wildman–Crippen LogP) is 2.83. The molecular formula is C27H30N4O5S2. The van der Waals surface area contributed by atoms with Crippen LogP contribution in [0.4, 0.5) is 0 Å². The van der Waals surface area contributed by atoms with E-state index in [0.717, 1.165) is 10.1 Å². The van der Waals surface area contributed by atoms with E-state index in [1.807, 2.05) is 44.2 Å². The Balaban J connectivity index is 1.33. The largest absolute Gasteiger partial charge is 0.340 e. The van der Waals surface area contributed by atoms with Gasteiger partial charge in [0.1, 0.15) is 12.1 Å². The second-order valence-electron chi connectivity index (χ2n) is 10.3. The van der Waals surface area contributed by atoms with E-state index < -0.39 is 28.1 Å². The van der Waals surface area contributed by atoms with Crippen molar-refractivity contribution in [2.75, 3.05) is 13.1 Å². The molecule has 0 saturated carbocycles. The van der Waals surface area contributed by atoms with Crippen molar-refractivity contribution in [1.82, 2.24) is 19.5 Å². The van der Waals surface area contributed by atoms with Gasteiger partial charge in [-0.05, 0) is 47.9 Å². The quantitative estimate of drug-likeness (QED) is 0.458. The van der Waals surface area contributed by atoms with Crippen LogP contribution in [0.15, 0.2) is 54.9 Å². The number of benzene rings is 1. The number of amides is 2. The zero-order valence-corrected chi connectivity index (χ0v) is 22.9. The highest BCUT2D eigenvalue weighted by atomic mass is 32.2. The molecular weight excluding hydrogens is 524 g/mol. The number of carbonyl (C=O) groups excluding carboxylic acids is 3. The van der Waals surface area contributed by atoms with E-state index in [9.17, 15) is 22.8 Å². The monoisotopic (exact) mass is 554 g/mol. The number of Topliss-reactive ketones (excluding diaryl/α,β-unsaturated/α-hetero) is 1. The normalized spacial score (nSPS) is 20.7. The number of nitrogens with one attached hydrogen (secondary N) is 1. The molecule has 2 aliphatic rings. The Morgan fingerprint density at radius 3 is 2.68 bits per heavy atom. The third-order valence-electron chi connectivity index (χ3n) is 7.05. The Morgan fingerprint density at radius 1 is 1.18 bits per heavy atom. The molecule has 5 rings (SSSR count). The van der Waals surface area contributed by atoms with Crippen molar-refractivity contribution in [3.8, 4) is 0 Å². The van der Waals surface area contributed by atoms with Crippen LogP contribution in [0.2, 0.25) is 0 Å². The molecule has 2 fully saturated rings. The SMILES string of the molecule is CC(C)CC(NC(=O)c1cc2ccccc2s1)C(=O)N1CCC2C1C(=O)CN2S(=O)(=O)Cc1cccnc1. The van der Waals surface area contributed by atoms with Crippen LogP contribution in [-0.4, -0.2) is 71.4 Å². The third-order valence-corrected chi connectivity index (χ3v) is 9.98. The van der Waals surface area contributed by atoms with Gasteiger partial charge in [0.25, 0.3) is 5.91 Å². The first kappa shape index (κ1) is 26.5. The van der Waals surface area contributed by atoms with Crippen LogP contribution < -0.4 is 5.32 Å². The summed E-state index contributed by atoms with van der Waals surface area (Å²) in [5.74, 6) is -1.12. The van der Waals surface area contributed by atoms with Crippen LogP contribution >= 0.6 is 11.3 Å². The molecule has 0 spiro atoms. The molecule has 2 aromatic heterocycles. The minimum absolute atomic E-state index is 0.112. The van der Waals surface area contributed by atoms with E-state index in [1.165, 1.54) is 26.7 Å². The molecule has 2 aliphatic heterocycles. The molecule has 1 aromatic carbocycles. The standard InChI is InChI=1S/C27H30N4O5S2/c1-17(2)12-20(29-26(33)24-13-19-7-3-4-8-23(19)37-24)27(34)30-11-9-21-25(30)22(32)15-31(21)38(35,36)16-18-6-5-10-28-14-18/h3-8,10,13-14,17,20-21,25H,9,11-12,15-16H2,1-2H3,(H,29,33). The summed E-state index contributed by atoms with van der Waals surface area (Å²) in [4.78, 5) is 45.9. The van der Waals surface area contributed by atoms with Crippen LogP contribution in [0.1, 0.15) is 41.9 Å². The average Bonchev–Trinajstić information content (AvgIpc) is 3.58. The Hall–Kier alpha value is -3.15. The van der Waals surface area contributed by atoms with Gasteiger partial charge in [-0.3, -0.25) is 19.4 Å². The van der Waals surface area contributed by atoms with Gasteiger partial charge in [0.2, 0.25) is 15.9 Å². The Morgan fingerprint density at radius 2 is 1.97 bits per heavy atom. The van der Waals surface area contributed by atoms with E-state index in [0.29, 0.717) is 23.3 Å². The smallest absolute Gasteiger partial charge is 0.262 e. The van der Waals surface area contributed by atoms with Crippen molar-refractivity contribution < 1.29 is 22.8 Å². The number of pyridine rings is 1. The van der Waals surface area contributed by atoms with Gasteiger partial charge >= 0.3 is 0 Å². The van der Waals surface area contributed by atoms with Gasteiger partial charge in [-0.2, -0.15) is 4.31 Å². The van der Waals surface area contributed by atoms with Crippen LogP contribution in [-0.2, 0) is 25.4 Å². The Labute approximate surface area is 225 Å². The lowest BCUT2D eigenvalue weighted by Gasteiger charge is -2.29. The molecule has 38 heavy (non-hydrogen) atoms. The maximum absolute atomic E-state index is 13.7. The van der Waals surface area contributed by atoms with Crippen molar-refractivity contribution in [1.29, 1.82) is 0 Å². The summed E-state index contributed by atoms with van der Waals surface area (Å²) in [7, 11) is -3.79. The average molecular weight is 555 g/mol. The lowest BCUT2D eigenvalue weighted by Crippen LogP contribution is -2.52. The maximum atomic E-state index is 13.7. The van der Waals surface area contributed by atoms with Gasteiger partial charge in [0, 0.05) is 23.6 Å². The number of ketones is 1. The molecule has 2 amide bonds. The molecule has 0 bridgehead atoms. The highest BCUT2D eigenvalue weighted by Gasteiger charge is 2.54. The molecule has 3 atom stereocenters. The number of carbonyl (C=O) groups is 3. The minimum Gasteiger partial charge on any atom is -0.340 e. The number of hydrogen-bond acceptors (Lipinski definition) is 7. The van der Waals surface area contributed by atoms with Gasteiger partial charge in [0.15, 0.2) is 5.78 Å². The van der Waals surface area contributed by atoms with Crippen LogP contribution in [0.25, 0.3) is 10.1 Å². The third kappa shape index (κ3) is 5.23. The first-order valence-electron chi connectivity index (χ1n) is 12.6. The maximum Gasteiger partial charge on any atom is 0.262 e. The van der Waals surface area contributed by atoms with Crippen LogP contribution in [0.5, 0.6) is 0 Å². The van der Waals surface area contributed by atoms with E-state index in [1.54, 1.807) is 18.3 Å². The van der Waals surface area contributed by atoms with Gasteiger partial charge in [0.05, 0.1) is 23.2 Å². The minimum atomic E-state index is -3.79. The van der Waals surface area contributed by atoms with E-state index >= 15 is 0 Å². The number of nitrogens with zero attached hydrogens (tertiary/aromatic N) is 3. The molecule has 3 unspecified atom stereocenters. The zero-order chi connectivity index (χ0) is 27.0. The molecule has 11 heteroatoms. The van der Waals surface area contributed by atoms with Crippen molar-refractivity contribution >= 4 is 49.0 Å². The second kappa shape index (κ2) is 10.5. The van der Waals surface area contributed by atoms with Gasteiger partial charge in [-0.25, -0.2) is 8.42 Å². The lowest BCUT2D eigenvalue weighted by molar-refractivity contribution is -0.138. The van der Waals surface area contributed by atoms with E-state index in [4.69, 9.17) is 0 Å². The lowest BCUT2D eigenvalue weighted by atomic mass is 10.0. The summed E-state index contributed by atoms with van der Waals surface area (Å²) >= 11 is 1.36. The number of aromatic nitrogens is 1. The molecule has 200 valence electrons. The molecule has 0 radical (unpaired) electrons. The number of thiophene rings is 1. The summed E-state index contributed by atoms with van der Waals surface area (Å²) in [6.45, 7) is 3.93.